The van der Waals surface area contributed by atoms with E-state index in [1.54, 1.807) is 24.5 Å². The van der Waals surface area contributed by atoms with Crippen molar-refractivity contribution in [3.63, 3.8) is 0 Å². The predicted molar refractivity (Wildman–Crippen MR) is 92.7 cm³/mol. The Hall–Kier alpha value is -2.60. The minimum atomic E-state index is -0.439. The lowest BCUT2D eigenvalue weighted by molar-refractivity contribution is -0.384. The summed E-state index contributed by atoms with van der Waals surface area (Å²) < 4.78 is 11.2. The molecule has 0 aromatic heterocycles. The average Bonchev–Trinajstić information content (AvgIpc) is 2.99. The fourth-order valence-electron chi connectivity index (χ4n) is 2.67. The lowest BCUT2D eigenvalue weighted by atomic mass is 10.1. The van der Waals surface area contributed by atoms with E-state index in [1.807, 2.05) is 6.08 Å². The molecule has 2 rings (SSSR count). The highest BCUT2D eigenvalue weighted by molar-refractivity contribution is 5.38. The molecule has 1 heterocycles. The molecule has 0 saturated carbocycles. The van der Waals surface area contributed by atoms with Gasteiger partial charge in [0.15, 0.2) is 0 Å². The summed E-state index contributed by atoms with van der Waals surface area (Å²) in [5.74, 6) is 1.30. The summed E-state index contributed by atoms with van der Waals surface area (Å²) in [6.07, 6.45) is 5.15. The van der Waals surface area contributed by atoms with E-state index in [-0.39, 0.29) is 11.7 Å². The van der Waals surface area contributed by atoms with E-state index in [0.29, 0.717) is 12.4 Å². The number of ether oxygens (including phenoxy) is 2. The molecule has 0 spiro atoms. The van der Waals surface area contributed by atoms with Crippen LogP contribution in [-0.2, 0) is 4.74 Å². The molecule has 0 saturated heterocycles. The number of likely N-dealkylation sites (N-methyl/N-ethyl adjacent to an activating group) is 1. The molecule has 24 heavy (non-hydrogen) atoms. The number of rotatable bonds is 8. The van der Waals surface area contributed by atoms with Crippen LogP contribution in [-0.4, -0.2) is 35.6 Å². The summed E-state index contributed by atoms with van der Waals surface area (Å²) in [7, 11) is 0. The number of nitro benzene ring substituents is 1. The monoisotopic (exact) mass is 330 g/mol. The van der Waals surface area contributed by atoms with Crippen LogP contribution < -0.4 is 4.74 Å². The van der Waals surface area contributed by atoms with Crippen molar-refractivity contribution in [3.05, 3.63) is 70.7 Å². The summed E-state index contributed by atoms with van der Waals surface area (Å²) in [4.78, 5) is 12.5. The number of hydrogen-bond acceptors (Lipinski definition) is 5. The van der Waals surface area contributed by atoms with Crippen molar-refractivity contribution in [2.45, 2.75) is 19.9 Å². The van der Waals surface area contributed by atoms with Crippen LogP contribution in [0.3, 0.4) is 0 Å². The second-order valence-corrected chi connectivity index (χ2v) is 5.24. The zero-order valence-corrected chi connectivity index (χ0v) is 14.0. The molecule has 6 heteroatoms. The van der Waals surface area contributed by atoms with Crippen LogP contribution in [0.15, 0.2) is 60.6 Å². The first-order chi connectivity index (χ1) is 11.6. The second-order valence-electron chi connectivity index (χ2n) is 5.24. The van der Waals surface area contributed by atoms with Gasteiger partial charge in [0.25, 0.3) is 5.69 Å². The molecule has 1 aromatic carbocycles. The SMILES string of the molecule is C=CC1=C(/C=C\Oc2ccc([N+](=O)[O-])cc2)C(N(CC)CC)CO1. The maximum atomic E-state index is 10.6. The molecule has 0 amide bonds. The molecule has 1 unspecified atom stereocenters. The first-order valence-electron chi connectivity index (χ1n) is 7.91. The fourth-order valence-corrected chi connectivity index (χ4v) is 2.67. The standard InChI is InChI=1S/C18H22N2O4/c1-4-18-16(17(13-24-18)19(5-2)6-3)11-12-23-15-9-7-14(8-10-15)20(21)22/h4,7-12,17H,1,5-6,13H2,2-3H3/b12-11-. The minimum absolute atomic E-state index is 0.0359. The van der Waals surface area contributed by atoms with Gasteiger partial charge in [-0.25, -0.2) is 0 Å². The molecule has 6 nitrogen and oxygen atoms in total. The van der Waals surface area contributed by atoms with Gasteiger partial charge in [-0.1, -0.05) is 20.4 Å². The molecular weight excluding hydrogens is 308 g/mol. The highest BCUT2D eigenvalue weighted by atomic mass is 16.6. The van der Waals surface area contributed by atoms with Crippen molar-refractivity contribution in [1.29, 1.82) is 0 Å². The van der Waals surface area contributed by atoms with Crippen LogP contribution in [0.1, 0.15) is 13.8 Å². The predicted octanol–water partition coefficient (Wildman–Crippen LogP) is 3.67. The van der Waals surface area contributed by atoms with Crippen LogP contribution in [0.25, 0.3) is 0 Å². The summed E-state index contributed by atoms with van der Waals surface area (Å²) in [5, 5.41) is 10.6. The highest BCUT2D eigenvalue weighted by Crippen LogP contribution is 2.26. The first-order valence-corrected chi connectivity index (χ1v) is 7.91. The summed E-state index contributed by atoms with van der Waals surface area (Å²) >= 11 is 0. The van der Waals surface area contributed by atoms with Crippen molar-refractivity contribution < 1.29 is 14.4 Å². The Balaban J connectivity index is 2.10. The summed E-state index contributed by atoms with van der Waals surface area (Å²) in [6, 6.07) is 6.13. The van der Waals surface area contributed by atoms with Crippen LogP contribution in [0.4, 0.5) is 5.69 Å². The molecule has 1 aliphatic heterocycles. The maximum Gasteiger partial charge on any atom is 0.269 e. The molecule has 0 aliphatic carbocycles. The van der Waals surface area contributed by atoms with E-state index in [0.717, 1.165) is 24.4 Å². The third kappa shape index (κ3) is 4.02. The molecule has 1 aliphatic rings. The molecule has 1 atom stereocenters. The quantitative estimate of drug-likeness (QED) is 0.413. The zero-order chi connectivity index (χ0) is 17.5. The molecule has 0 N–H and O–H groups in total. The Morgan fingerprint density at radius 3 is 2.58 bits per heavy atom. The number of benzene rings is 1. The van der Waals surface area contributed by atoms with Crippen molar-refractivity contribution in [3.8, 4) is 5.75 Å². The Morgan fingerprint density at radius 1 is 1.38 bits per heavy atom. The molecule has 0 radical (unpaired) electrons. The lowest BCUT2D eigenvalue weighted by Gasteiger charge is -2.25. The molecule has 0 fully saturated rings. The largest absolute Gasteiger partial charge is 0.491 e. The van der Waals surface area contributed by atoms with Gasteiger partial charge in [-0.05, 0) is 37.4 Å². The van der Waals surface area contributed by atoms with Crippen LogP contribution >= 0.6 is 0 Å². The molecule has 128 valence electrons. The van der Waals surface area contributed by atoms with Gasteiger partial charge in [-0.2, -0.15) is 0 Å². The van der Waals surface area contributed by atoms with Crippen LogP contribution in [0, 0.1) is 10.1 Å². The fraction of sp³-hybridized carbons (Fsp3) is 0.333. The van der Waals surface area contributed by atoms with E-state index in [9.17, 15) is 10.1 Å². The van der Waals surface area contributed by atoms with Crippen molar-refractivity contribution in [2.75, 3.05) is 19.7 Å². The summed E-state index contributed by atoms with van der Waals surface area (Å²) in [5.41, 5.74) is 1.06. The maximum absolute atomic E-state index is 10.6. The third-order valence-electron chi connectivity index (χ3n) is 3.98. The van der Waals surface area contributed by atoms with Gasteiger partial charge in [-0.3, -0.25) is 15.0 Å². The van der Waals surface area contributed by atoms with Crippen molar-refractivity contribution >= 4 is 5.69 Å². The number of nitro groups is 1. The third-order valence-corrected chi connectivity index (χ3v) is 3.98. The van der Waals surface area contributed by atoms with Crippen LogP contribution in [0.2, 0.25) is 0 Å². The van der Waals surface area contributed by atoms with E-state index in [4.69, 9.17) is 9.47 Å². The first kappa shape index (κ1) is 17.7. The molecule has 0 bridgehead atoms. The smallest absolute Gasteiger partial charge is 0.269 e. The summed E-state index contributed by atoms with van der Waals surface area (Å²) in [6.45, 7) is 10.5. The number of non-ortho nitro benzene ring substituents is 1. The minimum Gasteiger partial charge on any atom is -0.491 e. The number of hydrogen-bond donors (Lipinski definition) is 0. The topological polar surface area (TPSA) is 64.8 Å². The van der Waals surface area contributed by atoms with E-state index < -0.39 is 4.92 Å². The highest BCUT2D eigenvalue weighted by Gasteiger charge is 2.28. The van der Waals surface area contributed by atoms with Crippen molar-refractivity contribution in [1.82, 2.24) is 4.90 Å². The Kier molecular flexibility index (Phi) is 6.14. The van der Waals surface area contributed by atoms with Gasteiger partial charge in [0.2, 0.25) is 0 Å². The van der Waals surface area contributed by atoms with Crippen LogP contribution in [0.5, 0.6) is 5.75 Å². The van der Waals surface area contributed by atoms with Crippen molar-refractivity contribution in [2.24, 2.45) is 0 Å². The molecule has 1 aromatic rings. The Labute approximate surface area is 141 Å². The van der Waals surface area contributed by atoms with Gasteiger partial charge < -0.3 is 9.47 Å². The average molecular weight is 330 g/mol. The Bertz CT molecular complexity index is 645. The normalized spacial score (nSPS) is 17.4. The Morgan fingerprint density at radius 2 is 2.04 bits per heavy atom. The van der Waals surface area contributed by atoms with E-state index >= 15 is 0 Å². The van der Waals surface area contributed by atoms with Gasteiger partial charge in [0, 0.05) is 17.7 Å². The van der Waals surface area contributed by atoms with Gasteiger partial charge in [0.05, 0.1) is 17.2 Å². The van der Waals surface area contributed by atoms with Gasteiger partial charge in [0.1, 0.15) is 18.1 Å². The zero-order valence-electron chi connectivity index (χ0n) is 14.0. The number of allylic oxidation sites excluding steroid dienone is 1. The molecular formula is C18H22N2O4. The lowest BCUT2D eigenvalue weighted by Crippen LogP contribution is -2.36. The second kappa shape index (κ2) is 8.31. The van der Waals surface area contributed by atoms with Gasteiger partial charge >= 0.3 is 0 Å². The number of nitrogens with zero attached hydrogens (tertiary/aromatic N) is 2. The van der Waals surface area contributed by atoms with Gasteiger partial charge in [-0.15, -0.1) is 0 Å². The van der Waals surface area contributed by atoms with E-state index in [2.05, 4.69) is 25.3 Å². The van der Waals surface area contributed by atoms with E-state index in [1.165, 1.54) is 12.1 Å².